The van der Waals surface area contributed by atoms with Crippen LogP contribution in [0.3, 0.4) is 0 Å². The monoisotopic (exact) mass is 486 g/mol. The zero-order chi connectivity index (χ0) is 19.9. The van der Waals surface area contributed by atoms with Gasteiger partial charge in [-0.15, -0.1) is 0 Å². The van der Waals surface area contributed by atoms with Crippen LogP contribution in [0.5, 0.6) is 0 Å². The number of anilines is 3. The number of nitrogens with one attached hydrogen (secondary N) is 2. The van der Waals surface area contributed by atoms with Crippen molar-refractivity contribution in [2.75, 3.05) is 16.4 Å². The number of halogens is 2. The summed E-state index contributed by atoms with van der Waals surface area (Å²) in [6.45, 7) is 8.04. The molecule has 0 aromatic heterocycles. The van der Waals surface area contributed by atoms with Crippen molar-refractivity contribution >= 4 is 54.6 Å². The summed E-state index contributed by atoms with van der Waals surface area (Å²) in [5.41, 5.74) is 8.20. The number of nitrogens with zero attached hydrogens (tertiary/aromatic N) is 1. The quantitative estimate of drug-likeness (QED) is 0.272. The molecule has 0 bridgehead atoms. The van der Waals surface area contributed by atoms with Gasteiger partial charge in [0.15, 0.2) is 0 Å². The van der Waals surface area contributed by atoms with Crippen LogP contribution in [0, 0.1) is 10.1 Å². The highest BCUT2D eigenvalue weighted by atomic mass is 79.9. The van der Waals surface area contributed by atoms with E-state index < -0.39 is 4.92 Å². The van der Waals surface area contributed by atoms with Crippen molar-refractivity contribution in [1.82, 2.24) is 0 Å². The van der Waals surface area contributed by atoms with Crippen LogP contribution in [0.2, 0.25) is 0 Å². The average molecular weight is 488 g/mol. The minimum atomic E-state index is -0.394. The Balaban J connectivity index is 0.000000263. The molecule has 0 heterocycles. The molecule has 8 heteroatoms. The van der Waals surface area contributed by atoms with Crippen molar-refractivity contribution in [3.8, 4) is 0 Å². The topological polar surface area (TPSA) is 93.2 Å². The molecule has 0 atom stereocenters. The highest BCUT2D eigenvalue weighted by Crippen LogP contribution is 2.32. The second-order valence-corrected chi connectivity index (χ2v) is 7.90. The molecule has 0 aliphatic carbocycles. The third kappa shape index (κ3) is 6.84. The van der Waals surface area contributed by atoms with Crippen LogP contribution >= 0.6 is 31.9 Å². The Morgan fingerprint density at radius 3 is 1.88 bits per heavy atom. The Bertz CT molecular complexity index is 752. The molecule has 0 amide bonds. The molecular formula is C18H24Br2N4O2. The molecule has 0 radical (unpaired) electrons. The van der Waals surface area contributed by atoms with E-state index in [1.165, 1.54) is 0 Å². The van der Waals surface area contributed by atoms with E-state index in [2.05, 4.69) is 56.3 Å². The van der Waals surface area contributed by atoms with E-state index in [0.717, 1.165) is 15.8 Å². The number of hydrogen-bond donors (Lipinski definition) is 3. The van der Waals surface area contributed by atoms with Gasteiger partial charge in [0, 0.05) is 16.6 Å². The summed E-state index contributed by atoms with van der Waals surface area (Å²) in [5.74, 6) is 0. The molecule has 2 aromatic rings. The van der Waals surface area contributed by atoms with Gasteiger partial charge in [-0.2, -0.15) is 0 Å². The second kappa shape index (κ2) is 10.4. The second-order valence-electron chi connectivity index (χ2n) is 6.19. The first-order valence-corrected chi connectivity index (χ1v) is 9.72. The first-order valence-electron chi connectivity index (χ1n) is 8.13. The number of hydrogen-bond acceptors (Lipinski definition) is 5. The van der Waals surface area contributed by atoms with Crippen molar-refractivity contribution in [1.29, 1.82) is 0 Å². The molecule has 26 heavy (non-hydrogen) atoms. The third-order valence-electron chi connectivity index (χ3n) is 3.11. The van der Waals surface area contributed by atoms with E-state index in [1.54, 1.807) is 18.2 Å². The molecule has 0 aliphatic heterocycles. The predicted molar refractivity (Wildman–Crippen MR) is 117 cm³/mol. The van der Waals surface area contributed by atoms with Gasteiger partial charge in [0.05, 0.1) is 20.8 Å². The Hall–Kier alpha value is -1.80. The minimum absolute atomic E-state index is 0.0844. The van der Waals surface area contributed by atoms with Crippen LogP contribution in [-0.2, 0) is 0 Å². The lowest BCUT2D eigenvalue weighted by Gasteiger charge is -2.12. The lowest BCUT2D eigenvalue weighted by Crippen LogP contribution is -2.11. The van der Waals surface area contributed by atoms with Crippen molar-refractivity contribution in [3.63, 3.8) is 0 Å². The summed E-state index contributed by atoms with van der Waals surface area (Å²) in [5, 5.41) is 17.0. The van der Waals surface area contributed by atoms with E-state index >= 15 is 0 Å². The van der Waals surface area contributed by atoms with Gasteiger partial charge in [-0.1, -0.05) is 12.1 Å². The number of nitro benzene ring substituents is 1. The summed E-state index contributed by atoms with van der Waals surface area (Å²) >= 11 is 6.53. The van der Waals surface area contributed by atoms with Crippen molar-refractivity contribution < 1.29 is 4.92 Å². The Morgan fingerprint density at radius 2 is 1.38 bits per heavy atom. The first kappa shape index (κ1) is 22.2. The molecule has 0 saturated heterocycles. The molecule has 4 N–H and O–H groups in total. The molecule has 2 aromatic carbocycles. The fourth-order valence-corrected chi connectivity index (χ4v) is 2.98. The van der Waals surface area contributed by atoms with Crippen molar-refractivity contribution in [3.05, 3.63) is 55.5 Å². The van der Waals surface area contributed by atoms with E-state index in [4.69, 9.17) is 5.73 Å². The number of nitro groups is 1. The first-order chi connectivity index (χ1) is 12.1. The number of nitrogen functional groups attached to an aromatic ring is 1. The predicted octanol–water partition coefficient (Wildman–Crippen LogP) is 6.03. The smallest absolute Gasteiger partial charge is 0.306 e. The number of nitrogens with two attached hydrogens (primary N) is 1. The number of benzene rings is 2. The maximum absolute atomic E-state index is 10.8. The van der Waals surface area contributed by atoms with Gasteiger partial charge < -0.3 is 16.4 Å². The molecule has 0 spiro atoms. The summed E-state index contributed by atoms with van der Waals surface area (Å²) in [7, 11) is 0. The van der Waals surface area contributed by atoms with Crippen LogP contribution in [0.25, 0.3) is 0 Å². The van der Waals surface area contributed by atoms with E-state index in [9.17, 15) is 10.1 Å². The maximum Gasteiger partial charge on any atom is 0.306 e. The fraction of sp³-hybridized carbons (Fsp3) is 0.333. The van der Waals surface area contributed by atoms with Crippen LogP contribution in [-0.4, -0.2) is 17.0 Å². The van der Waals surface area contributed by atoms with Crippen LogP contribution in [0.15, 0.2) is 45.3 Å². The van der Waals surface area contributed by atoms with Crippen LogP contribution in [0.1, 0.15) is 27.7 Å². The summed E-state index contributed by atoms with van der Waals surface area (Å²) in [6, 6.07) is 11.6. The molecule has 0 unspecified atom stereocenters. The number of rotatable bonds is 5. The molecule has 0 aliphatic rings. The third-order valence-corrected chi connectivity index (χ3v) is 4.44. The van der Waals surface area contributed by atoms with E-state index in [1.807, 2.05) is 32.0 Å². The minimum Gasteiger partial charge on any atom is -0.396 e. The van der Waals surface area contributed by atoms with Gasteiger partial charge in [0.2, 0.25) is 0 Å². The highest BCUT2D eigenvalue weighted by molar-refractivity contribution is 9.11. The van der Waals surface area contributed by atoms with E-state index in [-0.39, 0.29) is 11.7 Å². The largest absolute Gasteiger partial charge is 0.396 e. The van der Waals surface area contributed by atoms with Crippen molar-refractivity contribution in [2.24, 2.45) is 0 Å². The van der Waals surface area contributed by atoms with Gasteiger partial charge in [-0.25, -0.2) is 0 Å². The summed E-state index contributed by atoms with van der Waals surface area (Å²) in [4.78, 5) is 10.4. The normalized spacial score (nSPS) is 10.3. The number of para-hydroxylation sites is 2. The SMILES string of the molecule is CC(C)Nc1cccc(Br)c1N.CC(C)Nc1cccc(Br)c1[N+](=O)[O-]. The Morgan fingerprint density at radius 1 is 0.923 bits per heavy atom. The zero-order valence-corrected chi connectivity index (χ0v) is 18.4. The average Bonchev–Trinajstić information content (AvgIpc) is 2.51. The fourth-order valence-electron chi connectivity index (χ4n) is 2.10. The molecule has 142 valence electrons. The highest BCUT2D eigenvalue weighted by Gasteiger charge is 2.17. The Kier molecular flexibility index (Phi) is 8.87. The zero-order valence-electron chi connectivity index (χ0n) is 15.2. The van der Waals surface area contributed by atoms with Crippen LogP contribution < -0.4 is 16.4 Å². The summed E-state index contributed by atoms with van der Waals surface area (Å²) in [6.07, 6.45) is 0. The van der Waals surface area contributed by atoms with Crippen molar-refractivity contribution in [2.45, 2.75) is 39.8 Å². The van der Waals surface area contributed by atoms with Gasteiger partial charge in [0.25, 0.3) is 0 Å². The lowest BCUT2D eigenvalue weighted by molar-refractivity contribution is -0.384. The van der Waals surface area contributed by atoms with Gasteiger partial charge in [-0.05, 0) is 83.8 Å². The standard InChI is InChI=1S/C9H11BrN2O2.C9H13BrN2/c1-6(2)11-8-5-3-4-7(10)9(8)12(13)14;1-6(2)12-8-5-3-4-7(10)9(8)11/h3-6,11H,1-2H3;3-6,12H,11H2,1-2H3. The summed E-state index contributed by atoms with van der Waals surface area (Å²) < 4.78 is 1.43. The maximum atomic E-state index is 10.8. The molecular weight excluding hydrogens is 464 g/mol. The Labute approximate surface area is 171 Å². The van der Waals surface area contributed by atoms with Gasteiger partial charge in [0.1, 0.15) is 5.69 Å². The van der Waals surface area contributed by atoms with Gasteiger partial charge >= 0.3 is 5.69 Å². The molecule has 2 rings (SSSR count). The molecule has 0 fully saturated rings. The lowest BCUT2D eigenvalue weighted by atomic mass is 10.2. The van der Waals surface area contributed by atoms with Crippen LogP contribution in [0.4, 0.5) is 22.7 Å². The molecule has 0 saturated carbocycles. The van der Waals surface area contributed by atoms with Gasteiger partial charge in [-0.3, -0.25) is 10.1 Å². The molecule has 6 nitrogen and oxygen atoms in total. The van der Waals surface area contributed by atoms with E-state index in [0.29, 0.717) is 16.2 Å².